The molecule has 22 heavy (non-hydrogen) atoms. The molecule has 0 aromatic carbocycles. The van der Waals surface area contributed by atoms with Gasteiger partial charge in [-0.1, -0.05) is 32.9 Å². The summed E-state index contributed by atoms with van der Waals surface area (Å²) in [7, 11) is -1.84. The molecule has 0 amide bonds. The largest absolute Gasteiger partial charge is 0.414 e. The van der Waals surface area contributed by atoms with Crippen molar-refractivity contribution in [1.82, 2.24) is 0 Å². The van der Waals surface area contributed by atoms with Crippen LogP contribution < -0.4 is 0 Å². The second kappa shape index (κ2) is 7.11. The molecule has 1 N–H and O–H groups in total. The van der Waals surface area contributed by atoms with Crippen LogP contribution in [0.1, 0.15) is 27.2 Å². The minimum absolute atomic E-state index is 0.0977. The van der Waals surface area contributed by atoms with Crippen molar-refractivity contribution in [2.45, 2.75) is 69.9 Å². The van der Waals surface area contributed by atoms with Gasteiger partial charge in [0.1, 0.15) is 12.2 Å². The summed E-state index contributed by atoms with van der Waals surface area (Å²) in [5.74, 6) is 0. The smallest absolute Gasteiger partial charge is 0.192 e. The zero-order valence-electron chi connectivity index (χ0n) is 14.4. The Hall–Kier alpha value is -0.243. The monoisotopic (exact) mass is 330 g/mol. The van der Waals surface area contributed by atoms with Crippen molar-refractivity contribution in [1.29, 1.82) is 0 Å². The summed E-state index contributed by atoms with van der Waals surface area (Å²) >= 11 is 0. The molecular formula is C16H30O5Si. The maximum absolute atomic E-state index is 10.1. The maximum Gasteiger partial charge on any atom is 0.192 e. The second-order valence-electron chi connectivity index (χ2n) is 7.57. The average Bonchev–Trinajstić information content (AvgIpc) is 2.91. The SMILES string of the molecule is CC(C)(C)[Si](C)(C)OCC1OC(CC2OCCO2)C=CC1O. The Kier molecular flexibility index (Phi) is 5.85. The Morgan fingerprint density at radius 3 is 2.41 bits per heavy atom. The van der Waals surface area contributed by atoms with Gasteiger partial charge in [-0.25, -0.2) is 0 Å². The molecule has 0 aromatic rings. The number of aliphatic hydroxyl groups is 1. The fourth-order valence-corrected chi connectivity index (χ4v) is 3.24. The summed E-state index contributed by atoms with van der Waals surface area (Å²) in [4.78, 5) is 0. The van der Waals surface area contributed by atoms with Crippen molar-refractivity contribution in [2.24, 2.45) is 0 Å². The zero-order valence-corrected chi connectivity index (χ0v) is 15.4. The third kappa shape index (κ3) is 4.63. The van der Waals surface area contributed by atoms with E-state index in [1.807, 2.05) is 6.08 Å². The number of hydrogen-bond donors (Lipinski definition) is 1. The first-order chi connectivity index (χ1) is 10.2. The normalized spacial score (nSPS) is 30.9. The predicted octanol–water partition coefficient (Wildman–Crippen LogP) is 2.46. The molecule has 3 atom stereocenters. The Morgan fingerprint density at radius 2 is 1.82 bits per heavy atom. The van der Waals surface area contributed by atoms with Crippen LogP contribution in [-0.2, 0) is 18.6 Å². The fraction of sp³-hybridized carbons (Fsp3) is 0.875. The van der Waals surface area contributed by atoms with Gasteiger partial charge in [-0.05, 0) is 18.1 Å². The van der Waals surface area contributed by atoms with Crippen molar-refractivity contribution in [2.75, 3.05) is 19.8 Å². The minimum atomic E-state index is -1.84. The number of rotatable bonds is 5. The fourth-order valence-electron chi connectivity index (χ4n) is 2.22. The molecule has 128 valence electrons. The van der Waals surface area contributed by atoms with Crippen LogP contribution in [0, 0.1) is 0 Å². The number of aliphatic hydroxyl groups excluding tert-OH is 1. The van der Waals surface area contributed by atoms with Crippen molar-refractivity contribution in [3.05, 3.63) is 12.2 Å². The molecule has 0 radical (unpaired) electrons. The second-order valence-corrected chi connectivity index (χ2v) is 12.4. The minimum Gasteiger partial charge on any atom is -0.414 e. The summed E-state index contributed by atoms with van der Waals surface area (Å²) < 4.78 is 23.1. The van der Waals surface area contributed by atoms with Crippen LogP contribution in [0.3, 0.4) is 0 Å². The van der Waals surface area contributed by atoms with E-state index < -0.39 is 14.4 Å². The van der Waals surface area contributed by atoms with Crippen molar-refractivity contribution < 1.29 is 23.7 Å². The molecule has 3 unspecified atom stereocenters. The first-order valence-electron chi connectivity index (χ1n) is 8.08. The van der Waals surface area contributed by atoms with E-state index >= 15 is 0 Å². The molecule has 0 aliphatic carbocycles. The summed E-state index contributed by atoms with van der Waals surface area (Å²) in [6.45, 7) is 12.7. The molecule has 1 saturated heterocycles. The highest BCUT2D eigenvalue weighted by Gasteiger charge is 2.39. The van der Waals surface area contributed by atoms with Gasteiger partial charge in [-0.3, -0.25) is 0 Å². The van der Waals surface area contributed by atoms with Gasteiger partial charge in [0.05, 0.1) is 25.9 Å². The zero-order chi connectivity index (χ0) is 16.4. The van der Waals surface area contributed by atoms with Crippen LogP contribution in [0.25, 0.3) is 0 Å². The topological polar surface area (TPSA) is 57.2 Å². The van der Waals surface area contributed by atoms with E-state index in [9.17, 15) is 5.11 Å². The van der Waals surface area contributed by atoms with Crippen molar-refractivity contribution in [3.63, 3.8) is 0 Å². The average molecular weight is 330 g/mol. The summed E-state index contributed by atoms with van der Waals surface area (Å²) in [6.07, 6.45) is 3.09. The molecule has 0 saturated carbocycles. The molecule has 2 rings (SSSR count). The molecule has 2 aliphatic rings. The lowest BCUT2D eigenvalue weighted by Crippen LogP contribution is -2.46. The summed E-state index contributed by atoms with van der Waals surface area (Å²) in [5, 5.41) is 10.3. The van der Waals surface area contributed by atoms with E-state index in [-0.39, 0.29) is 23.5 Å². The van der Waals surface area contributed by atoms with E-state index in [1.54, 1.807) is 6.08 Å². The lowest BCUT2D eigenvalue weighted by atomic mass is 10.1. The highest BCUT2D eigenvalue weighted by Crippen LogP contribution is 2.37. The van der Waals surface area contributed by atoms with Crippen LogP contribution in [0.2, 0.25) is 18.1 Å². The number of hydrogen-bond acceptors (Lipinski definition) is 5. The summed E-state index contributed by atoms with van der Waals surface area (Å²) in [5.41, 5.74) is 0. The highest BCUT2D eigenvalue weighted by atomic mass is 28.4. The van der Waals surface area contributed by atoms with Gasteiger partial charge in [0, 0.05) is 6.42 Å². The van der Waals surface area contributed by atoms with Gasteiger partial charge >= 0.3 is 0 Å². The maximum atomic E-state index is 10.1. The third-order valence-electron chi connectivity index (χ3n) is 4.78. The molecule has 0 aromatic heterocycles. The van der Waals surface area contributed by atoms with E-state index in [2.05, 4.69) is 33.9 Å². The molecule has 6 heteroatoms. The van der Waals surface area contributed by atoms with Gasteiger partial charge in [0.2, 0.25) is 0 Å². The van der Waals surface area contributed by atoms with E-state index in [0.717, 1.165) is 0 Å². The first kappa shape index (κ1) is 18.1. The van der Waals surface area contributed by atoms with E-state index in [1.165, 1.54) is 0 Å². The standard InChI is InChI=1S/C16H30O5Si/c1-16(2,3)22(4,5)20-11-14-13(17)7-6-12(21-14)10-15-18-8-9-19-15/h6-7,12-15,17H,8-11H2,1-5H3. The van der Waals surface area contributed by atoms with Crippen LogP contribution >= 0.6 is 0 Å². The lowest BCUT2D eigenvalue weighted by Gasteiger charge is -2.38. The molecular weight excluding hydrogens is 300 g/mol. The summed E-state index contributed by atoms with van der Waals surface area (Å²) in [6, 6.07) is 0. The molecule has 1 fully saturated rings. The third-order valence-corrected chi connectivity index (χ3v) is 9.28. The highest BCUT2D eigenvalue weighted by molar-refractivity contribution is 6.74. The van der Waals surface area contributed by atoms with Gasteiger partial charge in [0.15, 0.2) is 14.6 Å². The van der Waals surface area contributed by atoms with Crippen LogP contribution in [-0.4, -0.2) is 57.8 Å². The predicted molar refractivity (Wildman–Crippen MR) is 87.3 cm³/mol. The van der Waals surface area contributed by atoms with Crippen molar-refractivity contribution in [3.8, 4) is 0 Å². The Labute approximate surface area is 134 Å². The van der Waals surface area contributed by atoms with Gasteiger partial charge < -0.3 is 23.7 Å². The van der Waals surface area contributed by atoms with Crippen LogP contribution in [0.5, 0.6) is 0 Å². The van der Waals surface area contributed by atoms with E-state index in [0.29, 0.717) is 26.2 Å². The first-order valence-corrected chi connectivity index (χ1v) is 11.0. The van der Waals surface area contributed by atoms with Crippen LogP contribution in [0.4, 0.5) is 0 Å². The molecule has 0 spiro atoms. The molecule has 2 heterocycles. The number of ether oxygens (including phenoxy) is 3. The van der Waals surface area contributed by atoms with Crippen molar-refractivity contribution >= 4 is 8.32 Å². The Bertz CT molecular complexity index is 384. The quantitative estimate of drug-likeness (QED) is 0.620. The van der Waals surface area contributed by atoms with Gasteiger partial charge in [0.25, 0.3) is 0 Å². The van der Waals surface area contributed by atoms with Gasteiger partial charge in [-0.15, -0.1) is 0 Å². The lowest BCUT2D eigenvalue weighted by molar-refractivity contribution is -0.117. The van der Waals surface area contributed by atoms with Crippen LogP contribution in [0.15, 0.2) is 12.2 Å². The molecule has 2 aliphatic heterocycles. The molecule has 5 nitrogen and oxygen atoms in total. The Morgan fingerprint density at radius 1 is 1.18 bits per heavy atom. The van der Waals surface area contributed by atoms with E-state index in [4.69, 9.17) is 18.6 Å². The Balaban J connectivity index is 1.86. The molecule has 0 bridgehead atoms. The van der Waals surface area contributed by atoms with Gasteiger partial charge in [-0.2, -0.15) is 0 Å².